The van der Waals surface area contributed by atoms with Crippen LogP contribution in [0.4, 0.5) is 4.79 Å². The third-order valence-electron chi connectivity index (χ3n) is 2.91. The number of alkyl carbamates (subject to hydrolysis) is 1. The Morgan fingerprint density at radius 2 is 1.86 bits per heavy atom. The second-order valence-electron chi connectivity index (χ2n) is 6.08. The maximum absolute atomic E-state index is 11.5. The maximum Gasteiger partial charge on any atom is 0.407 e. The van der Waals surface area contributed by atoms with E-state index in [1.807, 2.05) is 0 Å². The minimum atomic E-state index is -0.888. The van der Waals surface area contributed by atoms with Crippen LogP contribution in [-0.4, -0.2) is 29.3 Å². The molecule has 0 aliphatic carbocycles. The quantitative estimate of drug-likeness (QED) is 0.838. The van der Waals surface area contributed by atoms with Gasteiger partial charge in [-0.15, -0.1) is 0 Å². The molecule has 1 aromatic carbocycles. The number of carboxylic acids is 1. The summed E-state index contributed by atoms with van der Waals surface area (Å²) in [5, 5.41) is 12.5. The van der Waals surface area contributed by atoms with Crippen molar-refractivity contribution in [1.82, 2.24) is 5.32 Å². The number of hydrogen-bond donors (Lipinski definition) is 2. The lowest BCUT2D eigenvalue weighted by molar-refractivity contribution is -0.141. The summed E-state index contributed by atoms with van der Waals surface area (Å²) in [7, 11) is 0. The number of aliphatic carboxylic acids is 1. The normalized spacial score (nSPS) is 12.5. The number of amides is 1. The first kappa shape index (κ1) is 18.3. The second kappa shape index (κ2) is 8.03. The second-order valence-corrected chi connectivity index (χ2v) is 6.52. The molecular formula is C16H22ClNO4. The summed E-state index contributed by atoms with van der Waals surface area (Å²) in [6.45, 7) is 5.56. The Kier molecular flexibility index (Phi) is 6.68. The van der Waals surface area contributed by atoms with Crippen molar-refractivity contribution in [2.75, 3.05) is 6.54 Å². The number of carboxylic acid groups (broad SMARTS) is 1. The van der Waals surface area contributed by atoms with Gasteiger partial charge in [0, 0.05) is 11.6 Å². The zero-order valence-corrected chi connectivity index (χ0v) is 13.8. The fourth-order valence-electron chi connectivity index (χ4n) is 1.88. The lowest BCUT2D eigenvalue weighted by atomic mass is 9.96. The topological polar surface area (TPSA) is 75.6 Å². The van der Waals surface area contributed by atoms with Crippen molar-refractivity contribution in [3.8, 4) is 0 Å². The Morgan fingerprint density at radius 1 is 1.27 bits per heavy atom. The third-order valence-corrected chi connectivity index (χ3v) is 3.16. The predicted octanol–water partition coefficient (Wildman–Crippen LogP) is 3.50. The average Bonchev–Trinajstić information content (AvgIpc) is 2.37. The molecule has 0 aliphatic rings. The van der Waals surface area contributed by atoms with Crippen molar-refractivity contribution in [3.63, 3.8) is 0 Å². The van der Waals surface area contributed by atoms with Gasteiger partial charge in [0.1, 0.15) is 5.60 Å². The van der Waals surface area contributed by atoms with E-state index >= 15 is 0 Å². The van der Waals surface area contributed by atoms with Gasteiger partial charge in [0.05, 0.1) is 5.92 Å². The van der Waals surface area contributed by atoms with Crippen molar-refractivity contribution < 1.29 is 19.4 Å². The molecule has 0 saturated carbocycles. The zero-order valence-electron chi connectivity index (χ0n) is 13.1. The SMILES string of the molecule is CC(C)(C)OC(=O)NCCC(Cc1ccc(Cl)cc1)C(=O)O. The Labute approximate surface area is 135 Å². The van der Waals surface area contributed by atoms with Crippen molar-refractivity contribution in [1.29, 1.82) is 0 Å². The number of rotatable bonds is 6. The van der Waals surface area contributed by atoms with Gasteiger partial charge in [0.15, 0.2) is 0 Å². The first-order chi connectivity index (χ1) is 10.2. The van der Waals surface area contributed by atoms with Gasteiger partial charge in [-0.3, -0.25) is 4.79 Å². The van der Waals surface area contributed by atoms with Crippen molar-refractivity contribution in [2.45, 2.75) is 39.2 Å². The molecule has 0 aliphatic heterocycles. The smallest absolute Gasteiger partial charge is 0.407 e. The van der Waals surface area contributed by atoms with E-state index in [0.29, 0.717) is 17.9 Å². The van der Waals surface area contributed by atoms with Crippen molar-refractivity contribution in [2.24, 2.45) is 5.92 Å². The number of hydrogen-bond acceptors (Lipinski definition) is 3. The Hall–Kier alpha value is -1.75. The summed E-state index contributed by atoms with van der Waals surface area (Å²) >= 11 is 5.80. The summed E-state index contributed by atoms with van der Waals surface area (Å²) in [4.78, 5) is 22.8. The molecule has 0 saturated heterocycles. The van der Waals surface area contributed by atoms with Crippen LogP contribution in [0.25, 0.3) is 0 Å². The molecule has 0 fully saturated rings. The zero-order chi connectivity index (χ0) is 16.8. The summed E-state index contributed by atoms with van der Waals surface area (Å²) in [6, 6.07) is 7.07. The van der Waals surface area contributed by atoms with E-state index in [0.717, 1.165) is 5.56 Å². The van der Waals surface area contributed by atoms with E-state index in [2.05, 4.69) is 5.32 Å². The molecule has 1 rings (SSSR count). The number of benzene rings is 1. The van der Waals surface area contributed by atoms with Crippen LogP contribution in [0.2, 0.25) is 5.02 Å². The van der Waals surface area contributed by atoms with Crippen LogP contribution < -0.4 is 5.32 Å². The lowest BCUT2D eigenvalue weighted by Gasteiger charge is -2.20. The highest BCUT2D eigenvalue weighted by Crippen LogP contribution is 2.16. The molecule has 0 radical (unpaired) electrons. The predicted molar refractivity (Wildman–Crippen MR) is 85.1 cm³/mol. The number of carbonyl (C=O) groups is 2. The average molecular weight is 328 g/mol. The van der Waals surface area contributed by atoms with Crippen LogP contribution in [0, 0.1) is 5.92 Å². The van der Waals surface area contributed by atoms with E-state index in [1.165, 1.54) is 0 Å². The molecule has 122 valence electrons. The minimum Gasteiger partial charge on any atom is -0.481 e. The van der Waals surface area contributed by atoms with Gasteiger partial charge in [-0.05, 0) is 51.3 Å². The summed E-state index contributed by atoms with van der Waals surface area (Å²) in [5.74, 6) is -1.46. The van der Waals surface area contributed by atoms with E-state index < -0.39 is 23.6 Å². The van der Waals surface area contributed by atoms with E-state index in [-0.39, 0.29) is 6.54 Å². The molecule has 0 heterocycles. The lowest BCUT2D eigenvalue weighted by Crippen LogP contribution is -2.34. The number of carbonyl (C=O) groups excluding carboxylic acids is 1. The van der Waals surface area contributed by atoms with Gasteiger partial charge in [-0.2, -0.15) is 0 Å². The van der Waals surface area contributed by atoms with Gasteiger partial charge in [-0.25, -0.2) is 4.79 Å². The van der Waals surface area contributed by atoms with Crippen LogP contribution in [0.15, 0.2) is 24.3 Å². The molecule has 6 heteroatoms. The van der Waals surface area contributed by atoms with Gasteiger partial charge >= 0.3 is 12.1 Å². The molecular weight excluding hydrogens is 306 g/mol. The standard InChI is InChI=1S/C16H22ClNO4/c1-16(2,3)22-15(21)18-9-8-12(14(19)20)10-11-4-6-13(17)7-5-11/h4-7,12H,8-10H2,1-3H3,(H,18,21)(H,19,20). The molecule has 0 bridgehead atoms. The van der Waals surface area contributed by atoms with Crippen LogP contribution in [0.3, 0.4) is 0 Å². The molecule has 0 spiro atoms. The minimum absolute atomic E-state index is 0.249. The molecule has 5 nitrogen and oxygen atoms in total. The fraction of sp³-hybridized carbons (Fsp3) is 0.500. The molecule has 1 amide bonds. The summed E-state index contributed by atoms with van der Waals surface area (Å²) in [5.41, 5.74) is 0.327. The molecule has 22 heavy (non-hydrogen) atoms. The van der Waals surface area contributed by atoms with Crippen LogP contribution in [-0.2, 0) is 16.0 Å². The fourth-order valence-corrected chi connectivity index (χ4v) is 2.01. The Bertz CT molecular complexity index is 508. The highest BCUT2D eigenvalue weighted by Gasteiger charge is 2.20. The first-order valence-electron chi connectivity index (χ1n) is 7.11. The summed E-state index contributed by atoms with van der Waals surface area (Å²) < 4.78 is 5.10. The van der Waals surface area contributed by atoms with Gasteiger partial charge in [-0.1, -0.05) is 23.7 Å². The largest absolute Gasteiger partial charge is 0.481 e. The van der Waals surface area contributed by atoms with Crippen molar-refractivity contribution >= 4 is 23.7 Å². The van der Waals surface area contributed by atoms with E-state index in [1.54, 1.807) is 45.0 Å². The number of nitrogens with one attached hydrogen (secondary N) is 1. The highest BCUT2D eigenvalue weighted by atomic mass is 35.5. The van der Waals surface area contributed by atoms with E-state index in [9.17, 15) is 14.7 Å². The van der Waals surface area contributed by atoms with E-state index in [4.69, 9.17) is 16.3 Å². The number of halogens is 1. The molecule has 1 aromatic rings. The summed E-state index contributed by atoms with van der Waals surface area (Å²) in [6.07, 6.45) is 0.183. The monoisotopic (exact) mass is 327 g/mol. The third kappa shape index (κ3) is 7.31. The van der Waals surface area contributed by atoms with Gasteiger partial charge in [0.2, 0.25) is 0 Å². The molecule has 2 N–H and O–H groups in total. The number of ether oxygens (including phenoxy) is 1. The van der Waals surface area contributed by atoms with Crippen molar-refractivity contribution in [3.05, 3.63) is 34.9 Å². The molecule has 0 aromatic heterocycles. The Morgan fingerprint density at radius 3 is 2.36 bits per heavy atom. The van der Waals surface area contributed by atoms with Crippen LogP contribution in [0.5, 0.6) is 0 Å². The van der Waals surface area contributed by atoms with Crippen LogP contribution in [0.1, 0.15) is 32.8 Å². The Balaban J connectivity index is 2.46. The van der Waals surface area contributed by atoms with Gasteiger partial charge < -0.3 is 15.2 Å². The van der Waals surface area contributed by atoms with Crippen LogP contribution >= 0.6 is 11.6 Å². The first-order valence-corrected chi connectivity index (χ1v) is 7.49. The molecule has 1 unspecified atom stereocenters. The molecule has 1 atom stereocenters. The maximum atomic E-state index is 11.5. The highest BCUT2D eigenvalue weighted by molar-refractivity contribution is 6.30. The van der Waals surface area contributed by atoms with Gasteiger partial charge in [0.25, 0.3) is 0 Å².